The van der Waals surface area contributed by atoms with Gasteiger partial charge in [0.2, 0.25) is 0 Å². The van der Waals surface area contributed by atoms with Crippen LogP contribution in [0.5, 0.6) is 5.75 Å². The van der Waals surface area contributed by atoms with Crippen molar-refractivity contribution in [3.8, 4) is 61.1 Å². The van der Waals surface area contributed by atoms with E-state index in [2.05, 4.69) is 107 Å². The van der Waals surface area contributed by atoms with Gasteiger partial charge in [0.05, 0.1) is 28.0 Å². The average molecular weight is 590 g/mol. The van der Waals surface area contributed by atoms with Crippen molar-refractivity contribution >= 4 is 27.3 Å². The smallest absolute Gasteiger partial charge is 0.128 e. The number of aromatic nitrogens is 2. The first-order valence-corrected chi connectivity index (χ1v) is 14.2. The van der Waals surface area contributed by atoms with Gasteiger partial charge in [-0.15, -0.1) is 11.3 Å². The van der Waals surface area contributed by atoms with Crippen molar-refractivity contribution in [3.63, 3.8) is 0 Å². The summed E-state index contributed by atoms with van der Waals surface area (Å²) in [5, 5.41) is 0. The Hall–Kier alpha value is -4.06. The number of hydrogen-bond acceptors (Lipinski definition) is 4. The van der Waals surface area contributed by atoms with Crippen molar-refractivity contribution in [1.82, 2.24) is 9.97 Å². The maximum Gasteiger partial charge on any atom is 0.128 e. The molecule has 0 atom stereocenters. The topological polar surface area (TPSA) is 35.0 Å². The summed E-state index contributed by atoms with van der Waals surface area (Å²) >= 11 is 5.31. The molecule has 0 radical (unpaired) electrons. The van der Waals surface area contributed by atoms with Gasteiger partial charge in [0.15, 0.2) is 0 Å². The lowest BCUT2D eigenvalue weighted by Crippen LogP contribution is -1.94. The fraction of sp³-hybridized carbons (Fsp3) is 0.0588. The highest BCUT2D eigenvalue weighted by Gasteiger charge is 2.14. The van der Waals surface area contributed by atoms with Gasteiger partial charge >= 0.3 is 0 Å². The summed E-state index contributed by atoms with van der Waals surface area (Å²) in [5.74, 6) is 0.798. The molecule has 3 aromatic heterocycles. The van der Waals surface area contributed by atoms with Crippen LogP contribution < -0.4 is 4.74 Å². The van der Waals surface area contributed by atoms with Gasteiger partial charge in [-0.25, -0.2) is 4.98 Å². The second kappa shape index (κ2) is 11.0. The molecule has 0 saturated carbocycles. The van der Waals surface area contributed by atoms with Gasteiger partial charge in [-0.3, -0.25) is 4.98 Å². The summed E-state index contributed by atoms with van der Waals surface area (Å²) in [6, 6.07) is 39.7. The number of thiophene rings is 1. The average Bonchev–Trinajstić information content (AvgIpc) is 3.43. The van der Waals surface area contributed by atoms with Gasteiger partial charge in [-0.05, 0) is 94.1 Å². The second-order valence-electron chi connectivity index (χ2n) is 9.26. The highest BCUT2D eigenvalue weighted by Crippen LogP contribution is 2.36. The SMILES string of the molecule is COc1ccccc1-c1cc(-c2ccccc2)cc(-c2cccc(-c3cc(-c4ccc(Br)s4)cc(C)n3)c2)n1. The molecule has 0 unspecified atom stereocenters. The van der Waals surface area contributed by atoms with E-state index in [9.17, 15) is 0 Å². The van der Waals surface area contributed by atoms with E-state index in [1.807, 2.05) is 31.2 Å². The second-order valence-corrected chi connectivity index (χ2v) is 11.7. The van der Waals surface area contributed by atoms with Crippen molar-refractivity contribution < 1.29 is 4.74 Å². The molecule has 3 aromatic carbocycles. The molecule has 0 bridgehead atoms. The number of para-hydroxylation sites is 1. The Labute approximate surface area is 241 Å². The Morgan fingerprint density at radius 1 is 0.590 bits per heavy atom. The molecular weight excluding hydrogens is 564 g/mol. The van der Waals surface area contributed by atoms with E-state index in [-0.39, 0.29) is 0 Å². The van der Waals surface area contributed by atoms with Crippen molar-refractivity contribution in [2.75, 3.05) is 7.11 Å². The normalized spacial score (nSPS) is 10.9. The first kappa shape index (κ1) is 25.2. The maximum absolute atomic E-state index is 5.68. The summed E-state index contributed by atoms with van der Waals surface area (Å²) < 4.78 is 6.79. The molecule has 6 aromatic rings. The van der Waals surface area contributed by atoms with E-state index in [1.165, 1.54) is 10.4 Å². The molecule has 0 fully saturated rings. The summed E-state index contributed by atoms with van der Waals surface area (Å²) in [6.45, 7) is 2.05. The molecule has 190 valence electrons. The zero-order valence-corrected chi connectivity index (χ0v) is 24.0. The first-order chi connectivity index (χ1) is 19.1. The summed E-state index contributed by atoms with van der Waals surface area (Å²) in [4.78, 5) is 11.2. The predicted molar refractivity (Wildman–Crippen MR) is 166 cm³/mol. The summed E-state index contributed by atoms with van der Waals surface area (Å²) in [6.07, 6.45) is 0. The van der Waals surface area contributed by atoms with Gasteiger partial charge in [0, 0.05) is 27.3 Å². The standard InChI is InChI=1S/C34H25BrN2OS/c1-22-17-27(33-15-16-34(35)39-33)21-29(36-22)24-11-8-12-25(18-24)30-19-26(23-9-4-3-5-10-23)20-31(37-30)28-13-6-7-14-32(28)38-2/h3-21H,1-2H3. The van der Waals surface area contributed by atoms with Crippen molar-refractivity contribution in [2.24, 2.45) is 0 Å². The minimum atomic E-state index is 0.798. The van der Waals surface area contributed by atoms with Crippen molar-refractivity contribution in [1.29, 1.82) is 0 Å². The number of benzene rings is 3. The Balaban J connectivity index is 1.48. The number of methoxy groups -OCH3 is 1. The summed E-state index contributed by atoms with van der Waals surface area (Å²) in [7, 11) is 1.70. The number of pyridine rings is 2. The van der Waals surface area contributed by atoms with Crippen LogP contribution in [-0.4, -0.2) is 17.1 Å². The largest absolute Gasteiger partial charge is 0.496 e. The molecule has 0 saturated heterocycles. The molecule has 0 N–H and O–H groups in total. The van der Waals surface area contributed by atoms with E-state index in [0.717, 1.165) is 60.1 Å². The third kappa shape index (κ3) is 5.42. The van der Waals surface area contributed by atoms with E-state index in [4.69, 9.17) is 14.7 Å². The Bertz CT molecular complexity index is 1780. The van der Waals surface area contributed by atoms with Crippen molar-refractivity contribution in [2.45, 2.75) is 6.92 Å². The number of ether oxygens (including phenoxy) is 1. The molecule has 0 aliphatic heterocycles. The minimum absolute atomic E-state index is 0.798. The van der Waals surface area contributed by atoms with Gasteiger partial charge in [-0.2, -0.15) is 0 Å². The van der Waals surface area contributed by atoms with Gasteiger partial charge in [0.25, 0.3) is 0 Å². The fourth-order valence-corrected chi connectivity index (χ4v) is 6.11. The molecule has 3 nitrogen and oxygen atoms in total. The number of aryl methyl sites for hydroxylation is 1. The van der Waals surface area contributed by atoms with Crippen LogP contribution in [-0.2, 0) is 0 Å². The van der Waals surface area contributed by atoms with E-state index in [0.29, 0.717) is 0 Å². The molecular formula is C34H25BrN2OS. The zero-order valence-electron chi connectivity index (χ0n) is 21.6. The van der Waals surface area contributed by atoms with Crippen LogP contribution in [0.2, 0.25) is 0 Å². The Morgan fingerprint density at radius 3 is 2.00 bits per heavy atom. The molecule has 5 heteroatoms. The summed E-state index contributed by atoms with van der Waals surface area (Å²) in [5.41, 5.74) is 10.2. The third-order valence-corrected chi connectivity index (χ3v) is 8.25. The minimum Gasteiger partial charge on any atom is -0.496 e. The lowest BCUT2D eigenvalue weighted by atomic mass is 9.98. The quantitative estimate of drug-likeness (QED) is 0.194. The highest BCUT2D eigenvalue weighted by atomic mass is 79.9. The number of rotatable bonds is 6. The van der Waals surface area contributed by atoms with Crippen LogP contribution >= 0.6 is 27.3 Å². The third-order valence-electron chi connectivity index (χ3n) is 6.58. The molecule has 39 heavy (non-hydrogen) atoms. The number of hydrogen-bond donors (Lipinski definition) is 0. The molecule has 0 aliphatic rings. The molecule has 3 heterocycles. The van der Waals surface area contributed by atoms with E-state index in [1.54, 1.807) is 18.4 Å². The monoisotopic (exact) mass is 588 g/mol. The molecule has 0 aliphatic carbocycles. The van der Waals surface area contributed by atoms with Gasteiger partial charge in [0.1, 0.15) is 5.75 Å². The molecule has 0 amide bonds. The molecule has 0 spiro atoms. The lowest BCUT2D eigenvalue weighted by molar-refractivity contribution is 0.416. The lowest BCUT2D eigenvalue weighted by Gasteiger charge is -2.13. The van der Waals surface area contributed by atoms with E-state index < -0.39 is 0 Å². The number of halogens is 1. The van der Waals surface area contributed by atoms with Crippen LogP contribution in [0.25, 0.3) is 55.3 Å². The van der Waals surface area contributed by atoms with Crippen LogP contribution in [0.3, 0.4) is 0 Å². The van der Waals surface area contributed by atoms with Crippen LogP contribution in [0.1, 0.15) is 5.69 Å². The van der Waals surface area contributed by atoms with Crippen LogP contribution in [0.15, 0.2) is 119 Å². The van der Waals surface area contributed by atoms with Gasteiger partial charge in [-0.1, -0.05) is 60.7 Å². The maximum atomic E-state index is 5.68. The van der Waals surface area contributed by atoms with Crippen LogP contribution in [0.4, 0.5) is 0 Å². The predicted octanol–water partition coefficient (Wildman–Crippen LogP) is 9.95. The fourth-order valence-electron chi connectivity index (χ4n) is 4.74. The van der Waals surface area contributed by atoms with Crippen LogP contribution in [0, 0.1) is 6.92 Å². The van der Waals surface area contributed by atoms with Gasteiger partial charge < -0.3 is 4.74 Å². The highest BCUT2D eigenvalue weighted by molar-refractivity contribution is 9.11. The number of nitrogens with zero attached hydrogens (tertiary/aromatic N) is 2. The van der Waals surface area contributed by atoms with E-state index >= 15 is 0 Å². The zero-order chi connectivity index (χ0) is 26.8. The first-order valence-electron chi connectivity index (χ1n) is 12.6. The molecule has 6 rings (SSSR count). The Kier molecular flexibility index (Phi) is 7.10. The van der Waals surface area contributed by atoms with Crippen molar-refractivity contribution in [3.05, 3.63) is 125 Å². The Morgan fingerprint density at radius 2 is 1.26 bits per heavy atom.